The minimum atomic E-state index is -0.349. The van der Waals surface area contributed by atoms with Gasteiger partial charge < -0.3 is 9.73 Å². The number of amides is 1. The number of fused-ring (bicyclic) bond motifs is 1. The highest BCUT2D eigenvalue weighted by Crippen LogP contribution is 2.27. The molecule has 5 heteroatoms. The quantitative estimate of drug-likeness (QED) is 0.590. The number of carbonyl (C=O) groups is 1. The molecule has 0 aliphatic heterocycles. The number of benzene rings is 2. The van der Waals surface area contributed by atoms with E-state index in [-0.39, 0.29) is 16.9 Å². The van der Waals surface area contributed by atoms with Crippen LogP contribution in [0, 0.1) is 6.92 Å². The fourth-order valence-corrected chi connectivity index (χ4v) is 2.99. The van der Waals surface area contributed by atoms with Crippen LogP contribution < -0.4 is 10.7 Å². The van der Waals surface area contributed by atoms with Crippen molar-refractivity contribution in [1.29, 1.82) is 0 Å². The molecule has 132 valence electrons. The first kappa shape index (κ1) is 16.7. The standard InChI is InChI=1S/C22H16N2O3/c1-14-19(25)17-8-5-9-18(22(26)24-16-10-12-23-13-11-16)21(17)27-20(14)15-6-3-2-4-7-15/h2-13H,1H3,(H,23,24,26). The van der Waals surface area contributed by atoms with Crippen molar-refractivity contribution in [2.75, 3.05) is 5.32 Å². The molecule has 2 aromatic carbocycles. The van der Waals surface area contributed by atoms with E-state index >= 15 is 0 Å². The van der Waals surface area contributed by atoms with Crippen LogP contribution in [-0.4, -0.2) is 10.9 Å². The van der Waals surface area contributed by atoms with E-state index in [4.69, 9.17) is 4.42 Å². The molecule has 0 fully saturated rings. The van der Waals surface area contributed by atoms with Crippen LogP contribution in [0.25, 0.3) is 22.3 Å². The van der Waals surface area contributed by atoms with Gasteiger partial charge in [0, 0.05) is 29.2 Å². The van der Waals surface area contributed by atoms with Crippen LogP contribution >= 0.6 is 0 Å². The Morgan fingerprint density at radius 3 is 2.44 bits per heavy atom. The summed E-state index contributed by atoms with van der Waals surface area (Å²) in [5.74, 6) is 0.120. The molecule has 0 saturated heterocycles. The Kier molecular flexibility index (Phi) is 4.26. The summed E-state index contributed by atoms with van der Waals surface area (Å²) in [5, 5.41) is 3.19. The zero-order valence-electron chi connectivity index (χ0n) is 14.6. The first-order valence-corrected chi connectivity index (χ1v) is 8.48. The largest absolute Gasteiger partial charge is 0.455 e. The number of para-hydroxylation sites is 1. The summed E-state index contributed by atoms with van der Waals surface area (Å²) >= 11 is 0. The average molecular weight is 356 g/mol. The Bertz CT molecular complexity index is 1180. The molecule has 2 heterocycles. The third kappa shape index (κ3) is 3.11. The van der Waals surface area contributed by atoms with Gasteiger partial charge in [-0.2, -0.15) is 0 Å². The van der Waals surface area contributed by atoms with Crippen molar-refractivity contribution < 1.29 is 9.21 Å². The van der Waals surface area contributed by atoms with Gasteiger partial charge in [0.2, 0.25) is 0 Å². The Labute approximate surface area is 155 Å². The Hall–Kier alpha value is -3.73. The lowest BCUT2D eigenvalue weighted by atomic mass is 10.0. The molecular weight excluding hydrogens is 340 g/mol. The number of pyridine rings is 1. The van der Waals surface area contributed by atoms with Crippen molar-refractivity contribution in [3.63, 3.8) is 0 Å². The first-order valence-electron chi connectivity index (χ1n) is 8.48. The molecule has 27 heavy (non-hydrogen) atoms. The molecule has 4 rings (SSSR count). The van der Waals surface area contributed by atoms with Gasteiger partial charge in [0.15, 0.2) is 11.0 Å². The van der Waals surface area contributed by atoms with E-state index in [9.17, 15) is 9.59 Å². The fraction of sp³-hybridized carbons (Fsp3) is 0.0455. The third-order valence-electron chi connectivity index (χ3n) is 4.36. The van der Waals surface area contributed by atoms with Crippen molar-refractivity contribution in [1.82, 2.24) is 4.98 Å². The lowest BCUT2D eigenvalue weighted by Gasteiger charge is -2.10. The minimum absolute atomic E-state index is 0.145. The van der Waals surface area contributed by atoms with Crippen LogP contribution in [0.4, 0.5) is 5.69 Å². The Morgan fingerprint density at radius 2 is 1.70 bits per heavy atom. The number of aromatic nitrogens is 1. The predicted octanol–water partition coefficient (Wildman–Crippen LogP) is 4.42. The zero-order chi connectivity index (χ0) is 18.8. The summed E-state index contributed by atoms with van der Waals surface area (Å²) < 4.78 is 6.08. The predicted molar refractivity (Wildman–Crippen MR) is 105 cm³/mol. The highest BCUT2D eigenvalue weighted by Gasteiger charge is 2.18. The van der Waals surface area contributed by atoms with Gasteiger partial charge in [-0.3, -0.25) is 14.6 Å². The van der Waals surface area contributed by atoms with Crippen LogP contribution in [0.3, 0.4) is 0 Å². The molecule has 1 N–H and O–H groups in total. The number of nitrogens with zero attached hydrogens (tertiary/aromatic N) is 1. The van der Waals surface area contributed by atoms with Gasteiger partial charge >= 0.3 is 0 Å². The molecule has 1 amide bonds. The van der Waals surface area contributed by atoms with Crippen LogP contribution in [-0.2, 0) is 0 Å². The Balaban J connectivity index is 1.88. The van der Waals surface area contributed by atoms with Crippen molar-refractivity contribution >= 4 is 22.6 Å². The molecule has 0 aliphatic carbocycles. The second kappa shape index (κ2) is 6.88. The summed E-state index contributed by atoms with van der Waals surface area (Å²) in [4.78, 5) is 29.6. The molecule has 0 bridgehead atoms. The van der Waals surface area contributed by atoms with E-state index < -0.39 is 0 Å². The summed E-state index contributed by atoms with van der Waals surface area (Å²) in [6.07, 6.45) is 3.19. The lowest BCUT2D eigenvalue weighted by Crippen LogP contribution is -2.15. The molecule has 0 spiro atoms. The monoisotopic (exact) mass is 356 g/mol. The summed E-state index contributed by atoms with van der Waals surface area (Å²) in [6.45, 7) is 1.73. The fourth-order valence-electron chi connectivity index (χ4n) is 2.99. The summed E-state index contributed by atoms with van der Waals surface area (Å²) in [5.41, 5.74) is 2.36. The average Bonchev–Trinajstić information content (AvgIpc) is 2.71. The normalized spacial score (nSPS) is 10.7. The highest BCUT2D eigenvalue weighted by molar-refractivity contribution is 6.11. The SMILES string of the molecule is Cc1c(-c2ccccc2)oc2c(C(=O)Nc3ccncc3)cccc2c1=O. The van der Waals surface area contributed by atoms with Crippen molar-refractivity contribution in [2.45, 2.75) is 6.92 Å². The maximum absolute atomic E-state index is 12.9. The molecule has 0 atom stereocenters. The van der Waals surface area contributed by atoms with Gasteiger partial charge in [0.1, 0.15) is 5.76 Å². The van der Waals surface area contributed by atoms with Crippen LogP contribution in [0.2, 0.25) is 0 Å². The lowest BCUT2D eigenvalue weighted by molar-refractivity contribution is 0.102. The second-order valence-electron chi connectivity index (χ2n) is 6.12. The molecule has 2 aromatic heterocycles. The van der Waals surface area contributed by atoms with E-state index in [1.807, 2.05) is 30.3 Å². The number of hydrogen-bond acceptors (Lipinski definition) is 4. The van der Waals surface area contributed by atoms with Crippen LogP contribution in [0.15, 0.2) is 82.3 Å². The summed E-state index contributed by atoms with van der Waals surface area (Å²) in [6, 6.07) is 17.8. The molecule has 4 aromatic rings. The Morgan fingerprint density at radius 1 is 0.963 bits per heavy atom. The highest BCUT2D eigenvalue weighted by atomic mass is 16.3. The van der Waals surface area contributed by atoms with E-state index in [0.717, 1.165) is 5.56 Å². The minimum Gasteiger partial charge on any atom is -0.455 e. The number of hydrogen-bond donors (Lipinski definition) is 1. The van der Waals surface area contributed by atoms with Gasteiger partial charge in [-0.15, -0.1) is 0 Å². The van der Waals surface area contributed by atoms with E-state index in [1.54, 1.807) is 49.6 Å². The number of rotatable bonds is 3. The molecule has 0 radical (unpaired) electrons. The van der Waals surface area contributed by atoms with Gasteiger partial charge in [-0.25, -0.2) is 0 Å². The third-order valence-corrected chi connectivity index (χ3v) is 4.36. The van der Waals surface area contributed by atoms with Gasteiger partial charge in [-0.05, 0) is 31.2 Å². The molecular formula is C22H16N2O3. The van der Waals surface area contributed by atoms with Crippen molar-refractivity contribution in [3.05, 3.63) is 94.4 Å². The van der Waals surface area contributed by atoms with E-state index in [0.29, 0.717) is 28.0 Å². The molecule has 0 unspecified atom stereocenters. The van der Waals surface area contributed by atoms with Gasteiger partial charge in [0.25, 0.3) is 5.91 Å². The molecule has 5 nitrogen and oxygen atoms in total. The summed E-state index contributed by atoms with van der Waals surface area (Å²) in [7, 11) is 0. The maximum Gasteiger partial charge on any atom is 0.259 e. The molecule has 0 aliphatic rings. The van der Waals surface area contributed by atoms with Crippen LogP contribution in [0.1, 0.15) is 15.9 Å². The number of nitrogens with one attached hydrogen (secondary N) is 1. The van der Waals surface area contributed by atoms with Gasteiger partial charge in [0.05, 0.1) is 10.9 Å². The molecule has 0 saturated carbocycles. The number of carbonyl (C=O) groups excluding carboxylic acids is 1. The number of anilines is 1. The topological polar surface area (TPSA) is 72.2 Å². The van der Waals surface area contributed by atoms with Crippen molar-refractivity contribution in [3.8, 4) is 11.3 Å². The van der Waals surface area contributed by atoms with Crippen LogP contribution in [0.5, 0.6) is 0 Å². The second-order valence-corrected chi connectivity index (χ2v) is 6.12. The smallest absolute Gasteiger partial charge is 0.259 e. The van der Waals surface area contributed by atoms with Gasteiger partial charge in [-0.1, -0.05) is 36.4 Å². The first-order chi connectivity index (χ1) is 13.1. The maximum atomic E-state index is 12.9. The van der Waals surface area contributed by atoms with E-state index in [1.165, 1.54) is 0 Å². The zero-order valence-corrected chi connectivity index (χ0v) is 14.6. The van der Waals surface area contributed by atoms with Crippen molar-refractivity contribution in [2.24, 2.45) is 0 Å². The van der Waals surface area contributed by atoms with E-state index in [2.05, 4.69) is 10.3 Å².